The molecule has 5 heteroatoms. The first-order valence-corrected chi connectivity index (χ1v) is 7.15. The monoisotopic (exact) mass is 321 g/mol. The molecule has 2 aromatic rings. The van der Waals surface area contributed by atoms with Crippen LogP contribution in [0.1, 0.15) is 16.7 Å². The predicted octanol–water partition coefficient (Wildman–Crippen LogP) is 3.87. The van der Waals surface area contributed by atoms with Crippen LogP contribution in [-0.2, 0) is 6.61 Å². The molecule has 3 nitrogen and oxygen atoms in total. The Balaban J connectivity index is 2.14. The lowest BCUT2D eigenvalue weighted by atomic mass is 10.1. The lowest BCUT2D eigenvalue weighted by Gasteiger charge is -2.11. The van der Waals surface area contributed by atoms with Gasteiger partial charge < -0.3 is 15.2 Å². The highest BCUT2D eigenvalue weighted by Crippen LogP contribution is 2.23. The fourth-order valence-corrected chi connectivity index (χ4v) is 2.19. The smallest absolute Gasteiger partial charge is 0.129 e. The van der Waals surface area contributed by atoms with Crippen molar-refractivity contribution in [2.75, 3.05) is 7.11 Å². The van der Waals surface area contributed by atoms with Crippen LogP contribution in [0.4, 0.5) is 0 Å². The van der Waals surface area contributed by atoms with E-state index in [0.29, 0.717) is 22.9 Å². The molecule has 0 spiro atoms. The summed E-state index contributed by atoms with van der Waals surface area (Å²) in [6, 6.07) is 11.2. The molecule has 0 fully saturated rings. The van der Waals surface area contributed by atoms with Crippen LogP contribution >= 0.6 is 23.8 Å². The number of halogens is 1. The second-order valence-electron chi connectivity index (χ2n) is 4.60. The number of ether oxygens (including phenoxy) is 2. The highest BCUT2D eigenvalue weighted by atomic mass is 35.5. The van der Waals surface area contributed by atoms with Gasteiger partial charge in [0.25, 0.3) is 0 Å². The molecule has 0 heterocycles. The summed E-state index contributed by atoms with van der Waals surface area (Å²) in [5.74, 6) is 1.43. The maximum atomic E-state index is 5.99. The van der Waals surface area contributed by atoms with Gasteiger partial charge in [0, 0.05) is 5.02 Å². The largest absolute Gasteiger partial charge is 0.496 e. The number of hydrogen-bond donors (Lipinski definition) is 1. The molecule has 0 aliphatic rings. The quantitative estimate of drug-likeness (QED) is 0.849. The van der Waals surface area contributed by atoms with Gasteiger partial charge in [0.15, 0.2) is 0 Å². The Morgan fingerprint density at radius 3 is 2.62 bits per heavy atom. The molecular formula is C16H16ClNO2S. The van der Waals surface area contributed by atoms with Gasteiger partial charge >= 0.3 is 0 Å². The highest BCUT2D eigenvalue weighted by molar-refractivity contribution is 7.80. The van der Waals surface area contributed by atoms with E-state index in [1.54, 1.807) is 7.11 Å². The molecular weight excluding hydrogens is 306 g/mol. The first-order valence-electron chi connectivity index (χ1n) is 6.37. The summed E-state index contributed by atoms with van der Waals surface area (Å²) in [5.41, 5.74) is 8.35. The van der Waals surface area contributed by atoms with E-state index < -0.39 is 0 Å². The summed E-state index contributed by atoms with van der Waals surface area (Å²) < 4.78 is 11.0. The Morgan fingerprint density at radius 2 is 2.00 bits per heavy atom. The van der Waals surface area contributed by atoms with Gasteiger partial charge in [-0.2, -0.15) is 0 Å². The van der Waals surface area contributed by atoms with E-state index >= 15 is 0 Å². The summed E-state index contributed by atoms with van der Waals surface area (Å²) in [7, 11) is 1.59. The average Bonchev–Trinajstić information content (AvgIpc) is 2.48. The molecule has 0 radical (unpaired) electrons. The van der Waals surface area contributed by atoms with Gasteiger partial charge in [-0.3, -0.25) is 0 Å². The fourth-order valence-electron chi connectivity index (χ4n) is 1.91. The van der Waals surface area contributed by atoms with E-state index in [0.717, 1.165) is 21.9 Å². The fraction of sp³-hybridized carbons (Fsp3) is 0.188. The van der Waals surface area contributed by atoms with Crippen molar-refractivity contribution in [2.45, 2.75) is 13.5 Å². The Kier molecular flexibility index (Phi) is 5.04. The van der Waals surface area contributed by atoms with Crippen LogP contribution in [0.25, 0.3) is 0 Å². The molecule has 0 atom stereocenters. The van der Waals surface area contributed by atoms with Crippen molar-refractivity contribution < 1.29 is 9.47 Å². The predicted molar refractivity (Wildman–Crippen MR) is 89.4 cm³/mol. The number of thiocarbonyl (C=S) groups is 1. The molecule has 2 N–H and O–H groups in total. The van der Waals surface area contributed by atoms with Gasteiger partial charge in [0.2, 0.25) is 0 Å². The summed E-state index contributed by atoms with van der Waals surface area (Å²) in [6.45, 7) is 2.36. The first-order chi connectivity index (χ1) is 10.0. The minimum Gasteiger partial charge on any atom is -0.496 e. The minimum absolute atomic E-state index is 0.302. The zero-order valence-electron chi connectivity index (χ0n) is 11.9. The second kappa shape index (κ2) is 6.78. The molecule has 0 amide bonds. The Hall–Kier alpha value is -1.78. The maximum absolute atomic E-state index is 5.99. The van der Waals surface area contributed by atoms with Crippen LogP contribution in [0.3, 0.4) is 0 Å². The zero-order valence-corrected chi connectivity index (χ0v) is 13.4. The summed E-state index contributed by atoms with van der Waals surface area (Å²) >= 11 is 11.0. The molecule has 110 valence electrons. The van der Waals surface area contributed by atoms with Crippen LogP contribution in [0, 0.1) is 6.92 Å². The Bertz CT molecular complexity index is 673. The van der Waals surface area contributed by atoms with E-state index in [-0.39, 0.29) is 0 Å². The van der Waals surface area contributed by atoms with Crippen molar-refractivity contribution in [1.29, 1.82) is 0 Å². The standard InChI is InChI=1S/C16H16ClNO2S/c1-10-7-12(4-5-14(10)17)20-9-11-3-6-15(19-2)13(8-11)16(18)21/h3-8H,9H2,1-2H3,(H2,18,21). The van der Waals surface area contributed by atoms with Crippen molar-refractivity contribution in [3.63, 3.8) is 0 Å². The summed E-state index contributed by atoms with van der Waals surface area (Å²) in [4.78, 5) is 0.302. The summed E-state index contributed by atoms with van der Waals surface area (Å²) in [6.07, 6.45) is 0. The Morgan fingerprint density at radius 1 is 1.24 bits per heavy atom. The minimum atomic E-state index is 0.302. The van der Waals surface area contributed by atoms with Gasteiger partial charge in [-0.25, -0.2) is 0 Å². The van der Waals surface area contributed by atoms with E-state index in [1.807, 2.05) is 43.3 Å². The van der Waals surface area contributed by atoms with E-state index in [2.05, 4.69) is 0 Å². The average molecular weight is 322 g/mol. The molecule has 0 aromatic heterocycles. The lowest BCUT2D eigenvalue weighted by Crippen LogP contribution is -2.12. The van der Waals surface area contributed by atoms with Crippen molar-refractivity contribution in [3.05, 3.63) is 58.1 Å². The maximum Gasteiger partial charge on any atom is 0.129 e. The molecule has 0 saturated heterocycles. The number of benzene rings is 2. The molecule has 0 saturated carbocycles. The molecule has 21 heavy (non-hydrogen) atoms. The summed E-state index contributed by atoms with van der Waals surface area (Å²) in [5, 5.41) is 0.725. The van der Waals surface area contributed by atoms with Crippen molar-refractivity contribution >= 4 is 28.8 Å². The normalized spacial score (nSPS) is 10.2. The van der Waals surface area contributed by atoms with Crippen molar-refractivity contribution in [2.24, 2.45) is 5.73 Å². The zero-order chi connectivity index (χ0) is 15.4. The molecule has 2 aromatic carbocycles. The van der Waals surface area contributed by atoms with E-state index in [9.17, 15) is 0 Å². The SMILES string of the molecule is COc1ccc(COc2ccc(Cl)c(C)c2)cc1C(N)=S. The molecule has 0 bridgehead atoms. The van der Waals surface area contributed by atoms with Crippen LogP contribution in [0.2, 0.25) is 5.02 Å². The van der Waals surface area contributed by atoms with Crippen molar-refractivity contribution in [3.8, 4) is 11.5 Å². The number of nitrogens with two attached hydrogens (primary N) is 1. The molecule has 0 unspecified atom stereocenters. The second-order valence-corrected chi connectivity index (χ2v) is 5.45. The number of methoxy groups -OCH3 is 1. The van der Waals surface area contributed by atoms with E-state index in [4.69, 9.17) is 39.0 Å². The lowest BCUT2D eigenvalue weighted by molar-refractivity contribution is 0.305. The van der Waals surface area contributed by atoms with E-state index in [1.165, 1.54) is 0 Å². The topological polar surface area (TPSA) is 44.5 Å². The third-order valence-corrected chi connectivity index (χ3v) is 3.71. The highest BCUT2D eigenvalue weighted by Gasteiger charge is 2.07. The van der Waals surface area contributed by atoms with Gasteiger partial charge in [-0.05, 0) is 48.4 Å². The number of rotatable bonds is 5. The number of hydrogen-bond acceptors (Lipinski definition) is 3. The molecule has 0 aliphatic carbocycles. The Labute approximate surface area is 134 Å². The van der Waals surface area contributed by atoms with Crippen LogP contribution in [-0.4, -0.2) is 12.1 Å². The van der Waals surface area contributed by atoms with Gasteiger partial charge in [0.05, 0.1) is 12.7 Å². The van der Waals surface area contributed by atoms with Gasteiger partial charge in [-0.1, -0.05) is 29.9 Å². The number of aryl methyl sites for hydroxylation is 1. The third-order valence-electron chi connectivity index (χ3n) is 3.06. The molecule has 0 aliphatic heterocycles. The first kappa shape index (κ1) is 15.6. The van der Waals surface area contributed by atoms with Crippen molar-refractivity contribution in [1.82, 2.24) is 0 Å². The van der Waals surface area contributed by atoms with Crippen LogP contribution < -0.4 is 15.2 Å². The van der Waals surface area contributed by atoms with Gasteiger partial charge in [-0.15, -0.1) is 0 Å². The third kappa shape index (κ3) is 3.86. The van der Waals surface area contributed by atoms with Crippen LogP contribution in [0.5, 0.6) is 11.5 Å². The van der Waals surface area contributed by atoms with Gasteiger partial charge in [0.1, 0.15) is 23.1 Å². The molecule has 2 rings (SSSR count). The van der Waals surface area contributed by atoms with Crippen LogP contribution in [0.15, 0.2) is 36.4 Å².